The van der Waals surface area contributed by atoms with Gasteiger partial charge in [-0.3, -0.25) is 4.79 Å². The third-order valence-electron chi connectivity index (χ3n) is 2.49. The summed E-state index contributed by atoms with van der Waals surface area (Å²) in [6.07, 6.45) is 1.50. The average molecular weight is 218 g/mol. The maximum atomic E-state index is 11.8. The number of hydrogen-bond donors (Lipinski definition) is 1. The van der Waals surface area contributed by atoms with E-state index >= 15 is 0 Å². The number of hydrogen-bond acceptors (Lipinski definition) is 3. The number of aliphatic imine (C=N–C) groups is 1. The van der Waals surface area contributed by atoms with E-state index in [1.807, 2.05) is 0 Å². The van der Waals surface area contributed by atoms with Gasteiger partial charge in [0.2, 0.25) is 0 Å². The monoisotopic (exact) mass is 218 g/mol. The topological polar surface area (TPSA) is 64.7 Å². The van der Waals surface area contributed by atoms with Gasteiger partial charge in [0, 0.05) is 29.8 Å². The molecule has 0 unspecified atom stereocenters. The highest BCUT2D eigenvalue weighted by molar-refractivity contribution is 6.04. The lowest BCUT2D eigenvalue weighted by Gasteiger charge is -2.12. The molecule has 2 rings (SSSR count). The summed E-state index contributed by atoms with van der Waals surface area (Å²) in [5, 5.41) is 0. The van der Waals surface area contributed by atoms with Crippen molar-refractivity contribution in [3.8, 4) is 0 Å². The van der Waals surface area contributed by atoms with Gasteiger partial charge < -0.3 is 10.5 Å². The molecule has 0 aliphatic carbocycles. The zero-order valence-electron chi connectivity index (χ0n) is 8.98. The number of nitrogens with zero attached hydrogens (tertiary/aromatic N) is 1. The number of amides is 1. The average Bonchev–Trinajstić information content (AvgIpc) is 2.31. The van der Waals surface area contributed by atoms with Crippen LogP contribution in [0.5, 0.6) is 0 Å². The second-order valence-corrected chi connectivity index (χ2v) is 3.72. The number of rotatable bonds is 1. The van der Waals surface area contributed by atoms with E-state index in [4.69, 9.17) is 10.5 Å². The molecule has 1 saturated heterocycles. The number of anilines is 1. The lowest BCUT2D eigenvalue weighted by Crippen LogP contribution is -2.16. The number of carbonyl (C=O) groups is 1. The van der Waals surface area contributed by atoms with E-state index in [0.717, 1.165) is 18.6 Å². The van der Waals surface area contributed by atoms with E-state index in [-0.39, 0.29) is 5.91 Å². The summed E-state index contributed by atoms with van der Waals surface area (Å²) in [7, 11) is 0. The first-order valence-corrected chi connectivity index (χ1v) is 5.30. The van der Waals surface area contributed by atoms with Crippen LogP contribution in [-0.4, -0.2) is 24.8 Å². The normalized spacial score (nSPS) is 15.9. The van der Waals surface area contributed by atoms with Gasteiger partial charge in [-0.15, -0.1) is 0 Å². The summed E-state index contributed by atoms with van der Waals surface area (Å²) in [5.74, 6) is -0.197. The molecule has 2 N–H and O–H groups in total. The Morgan fingerprint density at radius 3 is 2.44 bits per heavy atom. The SMILES string of the molecule is Nc1ccc(C(=O)N=C2CCOCC2)cc1. The van der Waals surface area contributed by atoms with Crippen molar-refractivity contribution in [2.75, 3.05) is 18.9 Å². The lowest BCUT2D eigenvalue weighted by atomic mass is 10.1. The minimum Gasteiger partial charge on any atom is -0.399 e. The van der Waals surface area contributed by atoms with Crippen molar-refractivity contribution < 1.29 is 9.53 Å². The van der Waals surface area contributed by atoms with E-state index in [9.17, 15) is 4.79 Å². The highest BCUT2D eigenvalue weighted by Gasteiger charge is 2.10. The second kappa shape index (κ2) is 4.90. The molecule has 1 aromatic carbocycles. The van der Waals surface area contributed by atoms with Crippen LogP contribution in [0.25, 0.3) is 0 Å². The summed E-state index contributed by atoms with van der Waals surface area (Å²) in [5.41, 5.74) is 7.70. The van der Waals surface area contributed by atoms with Gasteiger partial charge in [-0.25, -0.2) is 4.99 Å². The largest absolute Gasteiger partial charge is 0.399 e. The summed E-state index contributed by atoms with van der Waals surface area (Å²) in [6.45, 7) is 1.32. The molecular formula is C12H14N2O2. The fourth-order valence-electron chi connectivity index (χ4n) is 1.55. The van der Waals surface area contributed by atoms with Crippen LogP contribution in [0.4, 0.5) is 5.69 Å². The Kier molecular flexibility index (Phi) is 3.31. The third kappa shape index (κ3) is 2.67. The van der Waals surface area contributed by atoms with Gasteiger partial charge in [0.1, 0.15) is 0 Å². The van der Waals surface area contributed by atoms with Gasteiger partial charge in [-0.2, -0.15) is 0 Å². The van der Waals surface area contributed by atoms with Gasteiger partial charge in [-0.1, -0.05) is 0 Å². The van der Waals surface area contributed by atoms with Crippen LogP contribution < -0.4 is 5.73 Å². The molecule has 1 fully saturated rings. The Bertz CT molecular complexity index is 402. The first-order chi connectivity index (χ1) is 7.75. The minimum absolute atomic E-state index is 0.197. The minimum atomic E-state index is -0.197. The van der Waals surface area contributed by atoms with Crippen molar-refractivity contribution >= 4 is 17.3 Å². The first-order valence-electron chi connectivity index (χ1n) is 5.30. The van der Waals surface area contributed by atoms with Crippen molar-refractivity contribution in [1.29, 1.82) is 0 Å². The van der Waals surface area contributed by atoms with Crippen molar-refractivity contribution in [3.63, 3.8) is 0 Å². The Balaban J connectivity index is 2.09. The predicted octanol–water partition coefficient (Wildman–Crippen LogP) is 1.66. The number of nitrogen functional groups attached to an aromatic ring is 1. The smallest absolute Gasteiger partial charge is 0.276 e. The van der Waals surface area contributed by atoms with Gasteiger partial charge in [-0.05, 0) is 24.3 Å². The number of carbonyl (C=O) groups excluding carboxylic acids is 1. The van der Waals surface area contributed by atoms with Crippen LogP contribution in [0, 0.1) is 0 Å². The van der Waals surface area contributed by atoms with Crippen LogP contribution in [0.2, 0.25) is 0 Å². The molecule has 16 heavy (non-hydrogen) atoms. The summed E-state index contributed by atoms with van der Waals surface area (Å²) in [4.78, 5) is 15.8. The van der Waals surface area contributed by atoms with Crippen LogP contribution in [0.1, 0.15) is 23.2 Å². The highest BCUT2D eigenvalue weighted by Crippen LogP contribution is 2.09. The number of ether oxygens (including phenoxy) is 1. The Morgan fingerprint density at radius 2 is 1.81 bits per heavy atom. The zero-order valence-corrected chi connectivity index (χ0v) is 8.98. The molecule has 0 radical (unpaired) electrons. The molecule has 4 nitrogen and oxygen atoms in total. The Labute approximate surface area is 94.1 Å². The molecule has 84 valence electrons. The molecule has 0 bridgehead atoms. The fraction of sp³-hybridized carbons (Fsp3) is 0.333. The summed E-state index contributed by atoms with van der Waals surface area (Å²) >= 11 is 0. The van der Waals surface area contributed by atoms with Crippen LogP contribution >= 0.6 is 0 Å². The molecule has 1 aliphatic heterocycles. The van der Waals surface area contributed by atoms with Crippen LogP contribution in [0.3, 0.4) is 0 Å². The molecule has 0 atom stereocenters. The van der Waals surface area contributed by atoms with Crippen molar-refractivity contribution in [2.45, 2.75) is 12.8 Å². The van der Waals surface area contributed by atoms with Crippen molar-refractivity contribution in [1.82, 2.24) is 0 Å². The molecule has 0 saturated carbocycles. The van der Waals surface area contributed by atoms with Gasteiger partial charge >= 0.3 is 0 Å². The zero-order chi connectivity index (χ0) is 11.4. The Morgan fingerprint density at radius 1 is 1.19 bits per heavy atom. The molecule has 4 heteroatoms. The highest BCUT2D eigenvalue weighted by atomic mass is 16.5. The molecule has 0 aromatic heterocycles. The molecule has 1 aliphatic rings. The standard InChI is InChI=1S/C12H14N2O2/c13-10-3-1-9(2-4-10)12(15)14-11-5-7-16-8-6-11/h1-4H,5-8,13H2. The predicted molar refractivity (Wildman–Crippen MR) is 62.7 cm³/mol. The van der Waals surface area contributed by atoms with Crippen LogP contribution in [0.15, 0.2) is 29.3 Å². The van der Waals surface area contributed by atoms with Gasteiger partial charge in [0.25, 0.3) is 5.91 Å². The molecule has 1 amide bonds. The van der Waals surface area contributed by atoms with E-state index < -0.39 is 0 Å². The van der Waals surface area contributed by atoms with E-state index in [1.165, 1.54) is 0 Å². The van der Waals surface area contributed by atoms with Gasteiger partial charge in [0.05, 0.1) is 13.2 Å². The molecule has 0 spiro atoms. The van der Waals surface area contributed by atoms with Crippen molar-refractivity contribution in [3.05, 3.63) is 29.8 Å². The Hall–Kier alpha value is -1.68. The summed E-state index contributed by atoms with van der Waals surface area (Å²) in [6, 6.07) is 6.80. The van der Waals surface area contributed by atoms with E-state index in [2.05, 4.69) is 4.99 Å². The summed E-state index contributed by atoms with van der Waals surface area (Å²) < 4.78 is 5.19. The third-order valence-corrected chi connectivity index (χ3v) is 2.49. The van der Waals surface area contributed by atoms with Crippen molar-refractivity contribution in [2.24, 2.45) is 4.99 Å². The maximum Gasteiger partial charge on any atom is 0.276 e. The number of nitrogens with two attached hydrogens (primary N) is 1. The van der Waals surface area contributed by atoms with E-state index in [0.29, 0.717) is 24.5 Å². The fourth-order valence-corrected chi connectivity index (χ4v) is 1.55. The van der Waals surface area contributed by atoms with Gasteiger partial charge in [0.15, 0.2) is 0 Å². The van der Waals surface area contributed by atoms with Crippen LogP contribution in [-0.2, 0) is 4.74 Å². The van der Waals surface area contributed by atoms with E-state index in [1.54, 1.807) is 24.3 Å². The lowest BCUT2D eigenvalue weighted by molar-refractivity contribution is 0.0998. The number of benzene rings is 1. The molecule has 1 aromatic rings. The quantitative estimate of drug-likeness (QED) is 0.729. The molecule has 1 heterocycles. The first kappa shape index (κ1) is 10.8. The maximum absolute atomic E-state index is 11.8. The molecular weight excluding hydrogens is 204 g/mol. The second-order valence-electron chi connectivity index (χ2n) is 3.72.